The van der Waals surface area contributed by atoms with Gasteiger partial charge in [-0.15, -0.1) is 0 Å². The Morgan fingerprint density at radius 3 is 1.85 bits per heavy atom. The Kier molecular flexibility index (Phi) is 15.9. The van der Waals surface area contributed by atoms with E-state index < -0.39 is 41.5 Å². The van der Waals surface area contributed by atoms with E-state index >= 15 is 0 Å². The van der Waals surface area contributed by atoms with Crippen molar-refractivity contribution < 1.29 is 24.0 Å². The van der Waals surface area contributed by atoms with Crippen molar-refractivity contribution >= 4 is 64.5 Å². The molecule has 0 saturated carbocycles. The van der Waals surface area contributed by atoms with Gasteiger partial charge in [-0.05, 0) is 65.3 Å². The van der Waals surface area contributed by atoms with Crippen LogP contribution in [0.3, 0.4) is 0 Å². The van der Waals surface area contributed by atoms with Gasteiger partial charge in [0.25, 0.3) is 0 Å². The number of nitrogens with two attached hydrogens (primary N) is 2. The van der Waals surface area contributed by atoms with E-state index in [4.69, 9.17) is 46.3 Å². The van der Waals surface area contributed by atoms with E-state index in [1.807, 2.05) is 72.8 Å². The Hall–Kier alpha value is -4.90. The van der Waals surface area contributed by atoms with Crippen LogP contribution >= 0.6 is 34.8 Å². The van der Waals surface area contributed by atoms with E-state index in [0.29, 0.717) is 27.9 Å². The number of carbonyl (C=O) groups excluding carboxylic acids is 5. The highest BCUT2D eigenvalue weighted by Crippen LogP contribution is 2.34. The first-order valence-corrected chi connectivity index (χ1v) is 18.7. The van der Waals surface area contributed by atoms with Crippen LogP contribution in [0.4, 0.5) is 4.79 Å². The molecule has 4 aromatic carbocycles. The molecule has 6 amide bonds. The van der Waals surface area contributed by atoms with Crippen LogP contribution in [-0.4, -0.2) is 65.6 Å². The lowest BCUT2D eigenvalue weighted by Crippen LogP contribution is -2.46. The first kappa shape index (κ1) is 41.9. The minimum atomic E-state index is -0.882. The maximum atomic E-state index is 14.0. The molecule has 0 saturated heterocycles. The van der Waals surface area contributed by atoms with E-state index in [-0.39, 0.29) is 44.9 Å². The Morgan fingerprint density at radius 1 is 0.704 bits per heavy atom. The summed E-state index contributed by atoms with van der Waals surface area (Å²) in [6, 6.07) is 30.4. The predicted octanol–water partition coefficient (Wildman–Crippen LogP) is 6.63. The summed E-state index contributed by atoms with van der Waals surface area (Å²) in [5.41, 5.74) is 14.6. The fraction of sp³-hybridized carbons (Fsp3) is 0.293. The van der Waals surface area contributed by atoms with Crippen LogP contribution in [0.15, 0.2) is 103 Å². The number of benzene rings is 4. The molecule has 2 atom stereocenters. The van der Waals surface area contributed by atoms with Crippen molar-refractivity contribution in [2.75, 3.05) is 26.2 Å². The zero-order chi connectivity index (χ0) is 39.2. The smallest absolute Gasteiger partial charge is 0.321 e. The Morgan fingerprint density at radius 2 is 1.30 bits per heavy atom. The molecule has 0 aliphatic rings. The number of primary amides is 2. The molecule has 10 nitrogen and oxygen atoms in total. The minimum Gasteiger partial charge on any atom is -0.369 e. The van der Waals surface area contributed by atoms with Crippen LogP contribution in [0.1, 0.15) is 47.9 Å². The van der Waals surface area contributed by atoms with E-state index in [1.165, 1.54) is 4.90 Å². The van der Waals surface area contributed by atoms with Crippen LogP contribution in [0.25, 0.3) is 0 Å². The van der Waals surface area contributed by atoms with Gasteiger partial charge < -0.3 is 21.7 Å². The summed E-state index contributed by atoms with van der Waals surface area (Å²) in [6.45, 7) is 1.42. The van der Waals surface area contributed by atoms with Crippen LogP contribution in [0.5, 0.6) is 0 Å². The Balaban J connectivity index is 1.58. The lowest BCUT2D eigenvalue weighted by molar-refractivity contribution is -0.138. The Labute approximate surface area is 330 Å². The van der Waals surface area contributed by atoms with Crippen LogP contribution in [0, 0.1) is 11.8 Å². The number of rotatable bonds is 18. The van der Waals surface area contributed by atoms with Crippen molar-refractivity contribution in [3.63, 3.8) is 0 Å². The average molecular weight is 793 g/mol. The molecule has 54 heavy (non-hydrogen) atoms. The monoisotopic (exact) mass is 791 g/mol. The normalized spacial score (nSPS) is 12.1. The number of carbonyl (C=O) groups is 5. The zero-order valence-corrected chi connectivity index (χ0v) is 32.2. The highest BCUT2D eigenvalue weighted by atomic mass is 35.5. The number of amides is 6. The van der Waals surface area contributed by atoms with E-state index in [2.05, 4.69) is 5.32 Å². The first-order valence-electron chi connectivity index (χ1n) is 17.5. The highest BCUT2D eigenvalue weighted by Gasteiger charge is 2.31. The maximum absolute atomic E-state index is 14.0. The maximum Gasteiger partial charge on any atom is 0.321 e. The summed E-state index contributed by atoms with van der Waals surface area (Å²) in [6.07, 6.45) is 0.372. The third-order valence-corrected chi connectivity index (χ3v) is 10.1. The molecule has 284 valence electrons. The van der Waals surface area contributed by atoms with E-state index in [9.17, 15) is 24.0 Å². The molecule has 0 spiro atoms. The van der Waals surface area contributed by atoms with Crippen molar-refractivity contribution in [2.45, 2.75) is 38.5 Å². The molecule has 0 bridgehead atoms. The van der Waals surface area contributed by atoms with Gasteiger partial charge in [-0.1, -0.05) is 121 Å². The molecular formula is C41H44Cl3N5O5. The number of nitrogens with one attached hydrogen (secondary N) is 1. The van der Waals surface area contributed by atoms with Crippen molar-refractivity contribution in [3.05, 3.63) is 140 Å². The molecule has 4 aromatic rings. The Bertz CT molecular complexity index is 1860. The summed E-state index contributed by atoms with van der Waals surface area (Å²) in [7, 11) is 0. The molecule has 0 radical (unpaired) electrons. The third kappa shape index (κ3) is 12.6. The molecular weight excluding hydrogens is 749 g/mol. The van der Waals surface area contributed by atoms with Gasteiger partial charge in [0.15, 0.2) is 0 Å². The molecule has 5 N–H and O–H groups in total. The van der Waals surface area contributed by atoms with Gasteiger partial charge in [0.2, 0.25) is 23.6 Å². The van der Waals surface area contributed by atoms with Gasteiger partial charge in [-0.3, -0.25) is 24.1 Å². The molecule has 0 aliphatic carbocycles. The third-order valence-electron chi connectivity index (χ3n) is 9.21. The van der Waals surface area contributed by atoms with E-state index in [0.717, 1.165) is 27.2 Å². The van der Waals surface area contributed by atoms with Crippen LogP contribution in [0.2, 0.25) is 15.1 Å². The standard InChI is InChI=1S/C41H44Cl3N5O5/c1-27(40(45)53)22-37(51)48(20-19-29-14-17-34(43)24-35(29)44)26-36(50)47-25-32(39(30-8-4-2-5-9-30)31-10-6-3-7-11-31)23-38(52)49(41(46)54)21-18-28-12-15-33(42)16-13-28/h2-17,24,27,32,39H,18-23,25-26H2,1H3,(H2,45,53)(H2,46,54)(H,47,50). The molecule has 0 aromatic heterocycles. The molecule has 13 heteroatoms. The second-order valence-electron chi connectivity index (χ2n) is 13.1. The number of imide groups is 1. The minimum absolute atomic E-state index is 0.0194. The molecule has 2 unspecified atom stereocenters. The predicted molar refractivity (Wildman–Crippen MR) is 212 cm³/mol. The second kappa shape index (κ2) is 20.5. The summed E-state index contributed by atoms with van der Waals surface area (Å²) < 4.78 is 0. The molecule has 0 heterocycles. The fourth-order valence-electron chi connectivity index (χ4n) is 6.19. The topological polar surface area (TPSA) is 156 Å². The van der Waals surface area contributed by atoms with Crippen LogP contribution < -0.4 is 16.8 Å². The molecule has 0 fully saturated rings. The van der Waals surface area contributed by atoms with Gasteiger partial charge in [-0.2, -0.15) is 0 Å². The van der Waals surface area contributed by atoms with Gasteiger partial charge in [0, 0.05) is 59.4 Å². The summed E-state index contributed by atoms with van der Waals surface area (Å²) in [4.78, 5) is 67.9. The fourth-order valence-corrected chi connectivity index (χ4v) is 6.82. The number of hydrogen-bond acceptors (Lipinski definition) is 5. The van der Waals surface area contributed by atoms with Gasteiger partial charge in [-0.25, -0.2) is 4.79 Å². The lowest BCUT2D eigenvalue weighted by Gasteiger charge is -2.30. The number of halogens is 3. The quantitative estimate of drug-likeness (QED) is 0.103. The highest BCUT2D eigenvalue weighted by molar-refractivity contribution is 6.35. The first-order chi connectivity index (χ1) is 25.8. The summed E-state index contributed by atoms with van der Waals surface area (Å²) >= 11 is 18.5. The average Bonchev–Trinajstić information content (AvgIpc) is 3.14. The van der Waals surface area contributed by atoms with Crippen molar-refractivity contribution in [1.29, 1.82) is 0 Å². The van der Waals surface area contributed by atoms with Crippen LogP contribution in [-0.2, 0) is 32.0 Å². The summed E-state index contributed by atoms with van der Waals surface area (Å²) in [5.74, 6) is -3.71. The molecule has 4 rings (SSSR count). The zero-order valence-electron chi connectivity index (χ0n) is 29.9. The van der Waals surface area contributed by atoms with Crippen molar-refractivity contribution in [3.8, 4) is 0 Å². The number of nitrogens with zero attached hydrogens (tertiary/aromatic N) is 2. The second-order valence-corrected chi connectivity index (χ2v) is 14.4. The number of urea groups is 1. The lowest BCUT2D eigenvalue weighted by atomic mass is 9.78. The largest absolute Gasteiger partial charge is 0.369 e. The van der Waals surface area contributed by atoms with Crippen molar-refractivity contribution in [1.82, 2.24) is 15.1 Å². The van der Waals surface area contributed by atoms with E-state index in [1.54, 1.807) is 37.3 Å². The van der Waals surface area contributed by atoms with Crippen molar-refractivity contribution in [2.24, 2.45) is 23.3 Å². The SMILES string of the molecule is CC(CC(=O)N(CCc1ccc(Cl)cc1Cl)CC(=O)NCC(CC(=O)N(CCc1ccc(Cl)cc1)C(N)=O)C(c1ccccc1)c1ccccc1)C(N)=O. The van der Waals surface area contributed by atoms with Gasteiger partial charge in [0.05, 0.1) is 6.54 Å². The molecule has 0 aliphatic heterocycles. The van der Waals surface area contributed by atoms with Gasteiger partial charge >= 0.3 is 6.03 Å². The van der Waals surface area contributed by atoms with Gasteiger partial charge in [0.1, 0.15) is 0 Å². The number of hydrogen-bond donors (Lipinski definition) is 3. The summed E-state index contributed by atoms with van der Waals surface area (Å²) in [5, 5.41) is 4.40.